The third-order valence-corrected chi connectivity index (χ3v) is 7.22. The van der Waals surface area contributed by atoms with Gasteiger partial charge in [0.15, 0.2) is 23.1 Å². The largest absolute Gasteiger partial charge is 0.491 e. The molecular formula is C32H34FN5O5. The minimum Gasteiger partial charge on any atom is -0.491 e. The number of nitrogens with two attached hydrogens (primary N) is 1. The lowest BCUT2D eigenvalue weighted by atomic mass is 9.99. The van der Waals surface area contributed by atoms with Crippen LogP contribution in [0, 0.1) is 11.7 Å². The highest BCUT2D eigenvalue weighted by Gasteiger charge is 2.19. The van der Waals surface area contributed by atoms with Gasteiger partial charge in [-0.2, -0.15) is 0 Å². The first kappa shape index (κ1) is 29.6. The van der Waals surface area contributed by atoms with Crippen molar-refractivity contribution in [3.63, 3.8) is 0 Å². The van der Waals surface area contributed by atoms with Gasteiger partial charge >= 0.3 is 11.8 Å². The van der Waals surface area contributed by atoms with Crippen LogP contribution < -0.4 is 35.9 Å². The van der Waals surface area contributed by atoms with Crippen LogP contribution in [-0.4, -0.2) is 50.1 Å². The standard InChI is InChI=1S/C32H34FN5O5/c1-41-30-28(42-19-21-10-14-35-15-11-21)9-7-24-26(13-17-36-29(24)30)43-27-8-6-23(18-25(27)33)38-32(40)31(39)37-16-12-20-2-4-22(34)5-3-20/h2-9,13,17-18,21,35H,10-12,14-16,19,34H2,1H3,(H,37,39)(H,38,40). The number of methoxy groups -OCH3 is 1. The molecule has 1 aliphatic rings. The van der Waals surface area contributed by atoms with E-state index in [4.69, 9.17) is 19.9 Å². The zero-order valence-corrected chi connectivity index (χ0v) is 23.8. The Labute approximate surface area is 248 Å². The summed E-state index contributed by atoms with van der Waals surface area (Å²) < 4.78 is 32.7. The van der Waals surface area contributed by atoms with Crippen molar-refractivity contribution in [2.24, 2.45) is 5.92 Å². The number of ether oxygens (including phenoxy) is 3. The Morgan fingerprint density at radius 3 is 2.51 bits per heavy atom. The van der Waals surface area contributed by atoms with Crippen molar-refractivity contribution >= 4 is 34.1 Å². The molecule has 0 saturated carbocycles. The molecule has 4 aromatic rings. The van der Waals surface area contributed by atoms with Crippen LogP contribution >= 0.6 is 0 Å². The Morgan fingerprint density at radius 2 is 1.77 bits per heavy atom. The number of benzene rings is 3. The summed E-state index contributed by atoms with van der Waals surface area (Å²) in [7, 11) is 1.55. The van der Waals surface area contributed by atoms with Gasteiger partial charge in [0, 0.05) is 35.6 Å². The first-order valence-electron chi connectivity index (χ1n) is 14.1. The monoisotopic (exact) mass is 587 g/mol. The SMILES string of the molecule is COc1c(OCC2CCNCC2)ccc2c(Oc3ccc(NC(=O)C(=O)NCCc4ccc(N)cc4)cc3F)ccnc12. The molecule has 2 heterocycles. The van der Waals surface area contributed by atoms with Crippen LogP contribution in [0.4, 0.5) is 15.8 Å². The van der Waals surface area contributed by atoms with Crippen molar-refractivity contribution in [3.05, 3.63) is 78.2 Å². The zero-order chi connectivity index (χ0) is 30.2. The number of nitrogens with one attached hydrogen (secondary N) is 3. The van der Waals surface area contributed by atoms with Gasteiger partial charge in [-0.1, -0.05) is 12.1 Å². The molecular weight excluding hydrogens is 553 g/mol. The van der Waals surface area contributed by atoms with Gasteiger partial charge in [0.25, 0.3) is 0 Å². The smallest absolute Gasteiger partial charge is 0.313 e. The zero-order valence-electron chi connectivity index (χ0n) is 23.8. The highest BCUT2D eigenvalue weighted by molar-refractivity contribution is 6.39. The van der Waals surface area contributed by atoms with E-state index in [-0.39, 0.29) is 18.0 Å². The Morgan fingerprint density at radius 1 is 1.00 bits per heavy atom. The molecule has 5 rings (SSSR count). The molecule has 10 nitrogen and oxygen atoms in total. The highest BCUT2D eigenvalue weighted by atomic mass is 19.1. The lowest BCUT2D eigenvalue weighted by Crippen LogP contribution is -2.36. The topological polar surface area (TPSA) is 137 Å². The quantitative estimate of drug-likeness (QED) is 0.158. The molecule has 2 amide bonds. The van der Waals surface area contributed by atoms with E-state index in [2.05, 4.69) is 20.9 Å². The predicted octanol–water partition coefficient (Wildman–Crippen LogP) is 4.43. The molecule has 224 valence electrons. The predicted molar refractivity (Wildman–Crippen MR) is 162 cm³/mol. The van der Waals surface area contributed by atoms with Crippen LogP contribution in [-0.2, 0) is 16.0 Å². The number of amides is 2. The maximum absolute atomic E-state index is 15.0. The normalized spacial score (nSPS) is 13.3. The number of piperidine rings is 1. The maximum Gasteiger partial charge on any atom is 0.313 e. The number of rotatable bonds is 10. The fourth-order valence-electron chi connectivity index (χ4n) is 4.86. The maximum atomic E-state index is 15.0. The van der Waals surface area contributed by atoms with Gasteiger partial charge in [-0.25, -0.2) is 4.39 Å². The third kappa shape index (κ3) is 7.49. The second kappa shape index (κ2) is 13.8. The van der Waals surface area contributed by atoms with Crippen molar-refractivity contribution in [1.82, 2.24) is 15.6 Å². The molecule has 1 saturated heterocycles. The molecule has 0 spiro atoms. The average Bonchev–Trinajstić information content (AvgIpc) is 3.02. The number of carbonyl (C=O) groups excluding carboxylic acids is 2. The summed E-state index contributed by atoms with van der Waals surface area (Å²) in [6.07, 6.45) is 4.19. The van der Waals surface area contributed by atoms with Gasteiger partial charge < -0.3 is 35.9 Å². The first-order valence-corrected chi connectivity index (χ1v) is 14.1. The Kier molecular flexibility index (Phi) is 9.52. The van der Waals surface area contributed by atoms with E-state index >= 15 is 4.39 Å². The first-order chi connectivity index (χ1) is 20.9. The number of pyridine rings is 1. The minimum absolute atomic E-state index is 0.0661. The lowest BCUT2D eigenvalue weighted by Gasteiger charge is -2.23. The summed E-state index contributed by atoms with van der Waals surface area (Å²) in [5, 5.41) is 8.92. The van der Waals surface area contributed by atoms with Crippen LogP contribution in [0.15, 0.2) is 66.9 Å². The van der Waals surface area contributed by atoms with E-state index in [0.29, 0.717) is 52.8 Å². The second-order valence-electron chi connectivity index (χ2n) is 10.3. The number of nitrogen functional groups attached to an aromatic ring is 1. The highest BCUT2D eigenvalue weighted by Crippen LogP contribution is 2.40. The lowest BCUT2D eigenvalue weighted by molar-refractivity contribution is -0.136. The van der Waals surface area contributed by atoms with Gasteiger partial charge in [0.1, 0.15) is 11.3 Å². The van der Waals surface area contributed by atoms with Crippen LogP contribution in [0.1, 0.15) is 18.4 Å². The number of halogens is 1. The molecule has 43 heavy (non-hydrogen) atoms. The number of carbonyl (C=O) groups is 2. The van der Waals surface area contributed by atoms with Crippen LogP contribution in [0.3, 0.4) is 0 Å². The van der Waals surface area contributed by atoms with E-state index in [1.54, 1.807) is 43.6 Å². The summed E-state index contributed by atoms with van der Waals surface area (Å²) in [5.74, 6) is -0.632. The van der Waals surface area contributed by atoms with Gasteiger partial charge in [-0.15, -0.1) is 0 Å². The van der Waals surface area contributed by atoms with Crippen molar-refractivity contribution in [1.29, 1.82) is 0 Å². The molecule has 0 atom stereocenters. The molecule has 1 aliphatic heterocycles. The molecule has 1 fully saturated rings. The summed E-state index contributed by atoms with van der Waals surface area (Å²) in [6, 6.07) is 16.4. The minimum atomic E-state index is -0.907. The van der Waals surface area contributed by atoms with Gasteiger partial charge in [-0.05, 0) is 86.3 Å². The molecule has 0 bridgehead atoms. The third-order valence-electron chi connectivity index (χ3n) is 7.22. The summed E-state index contributed by atoms with van der Waals surface area (Å²) in [6.45, 7) is 2.81. The number of aromatic nitrogens is 1. The summed E-state index contributed by atoms with van der Waals surface area (Å²) in [4.78, 5) is 29.0. The molecule has 11 heteroatoms. The Balaban J connectivity index is 1.21. The number of hydrogen-bond donors (Lipinski definition) is 4. The molecule has 0 aliphatic carbocycles. The Hall–Kier alpha value is -4.90. The average molecular weight is 588 g/mol. The van der Waals surface area contributed by atoms with Crippen molar-refractivity contribution in [3.8, 4) is 23.0 Å². The van der Waals surface area contributed by atoms with Crippen LogP contribution in [0.2, 0.25) is 0 Å². The molecule has 1 aromatic heterocycles. The molecule has 0 unspecified atom stereocenters. The van der Waals surface area contributed by atoms with E-state index in [1.807, 2.05) is 12.1 Å². The summed E-state index contributed by atoms with van der Waals surface area (Å²) >= 11 is 0. The van der Waals surface area contributed by atoms with Crippen molar-refractivity contribution < 1.29 is 28.2 Å². The van der Waals surface area contributed by atoms with E-state index in [1.165, 1.54) is 12.1 Å². The fourth-order valence-corrected chi connectivity index (χ4v) is 4.86. The summed E-state index contributed by atoms with van der Waals surface area (Å²) in [5.41, 5.74) is 7.92. The van der Waals surface area contributed by atoms with Crippen LogP contribution in [0.25, 0.3) is 10.9 Å². The van der Waals surface area contributed by atoms with Gasteiger partial charge in [-0.3, -0.25) is 14.6 Å². The van der Waals surface area contributed by atoms with Gasteiger partial charge in [0.05, 0.1) is 13.7 Å². The number of nitrogens with zero attached hydrogens (tertiary/aromatic N) is 1. The van der Waals surface area contributed by atoms with Crippen molar-refractivity contribution in [2.75, 3.05) is 44.4 Å². The second-order valence-corrected chi connectivity index (χ2v) is 10.3. The van der Waals surface area contributed by atoms with E-state index < -0.39 is 17.6 Å². The molecule has 5 N–H and O–H groups in total. The number of hydrogen-bond acceptors (Lipinski definition) is 8. The molecule has 3 aromatic carbocycles. The van der Waals surface area contributed by atoms with E-state index in [0.717, 1.165) is 37.6 Å². The number of fused-ring (bicyclic) bond motifs is 1. The fraction of sp³-hybridized carbons (Fsp3) is 0.281. The molecule has 0 radical (unpaired) electrons. The van der Waals surface area contributed by atoms with E-state index in [9.17, 15) is 9.59 Å². The van der Waals surface area contributed by atoms with Crippen LogP contribution in [0.5, 0.6) is 23.0 Å². The Bertz CT molecular complexity index is 1590. The number of anilines is 2. The van der Waals surface area contributed by atoms with Crippen molar-refractivity contribution in [2.45, 2.75) is 19.3 Å². The van der Waals surface area contributed by atoms with Gasteiger partial charge in [0.2, 0.25) is 0 Å².